The Kier molecular flexibility index (Phi) is 6.94. The first-order valence-electron chi connectivity index (χ1n) is 9.59. The summed E-state index contributed by atoms with van der Waals surface area (Å²) in [5.74, 6) is -0.169. The minimum absolute atomic E-state index is 0.0378. The quantitative estimate of drug-likeness (QED) is 0.465. The van der Waals surface area contributed by atoms with E-state index in [1.54, 1.807) is 19.1 Å². The number of para-hydroxylation sites is 2. The maximum Gasteiger partial charge on any atom is 0.387 e. The van der Waals surface area contributed by atoms with Crippen molar-refractivity contribution in [3.8, 4) is 17.2 Å². The van der Waals surface area contributed by atoms with Crippen molar-refractivity contribution in [3.63, 3.8) is 0 Å². The predicted octanol–water partition coefficient (Wildman–Crippen LogP) is 5.75. The van der Waals surface area contributed by atoms with Gasteiger partial charge in [0, 0.05) is 5.56 Å². The van der Waals surface area contributed by atoms with Crippen molar-refractivity contribution in [1.82, 2.24) is 10.2 Å². The first-order valence-corrected chi connectivity index (χ1v) is 10.5. The van der Waals surface area contributed by atoms with Crippen LogP contribution >= 0.6 is 11.8 Å². The average Bonchev–Trinajstić information content (AvgIpc) is 3.17. The number of aromatic nitrogens is 2. The van der Waals surface area contributed by atoms with Gasteiger partial charge in [0.2, 0.25) is 11.8 Å². The minimum Gasteiger partial charge on any atom is -0.433 e. The zero-order valence-electron chi connectivity index (χ0n) is 17.6. The van der Waals surface area contributed by atoms with Crippen LogP contribution in [0.3, 0.4) is 0 Å². The molecule has 1 heterocycles. The largest absolute Gasteiger partial charge is 0.433 e. The second-order valence-electron chi connectivity index (χ2n) is 7.82. The van der Waals surface area contributed by atoms with Gasteiger partial charge in [0.15, 0.2) is 0 Å². The Morgan fingerprint density at radius 1 is 1.10 bits per heavy atom. The molecule has 0 aliphatic heterocycles. The van der Waals surface area contributed by atoms with Gasteiger partial charge in [-0.05, 0) is 42.2 Å². The highest BCUT2D eigenvalue weighted by Gasteiger charge is 2.21. The smallest absolute Gasteiger partial charge is 0.387 e. The molecular formula is C22H23F2N3O3S. The third-order valence-electron chi connectivity index (χ3n) is 4.41. The zero-order valence-corrected chi connectivity index (χ0v) is 18.4. The van der Waals surface area contributed by atoms with Gasteiger partial charge in [0.1, 0.15) is 5.75 Å². The number of ether oxygens (including phenoxy) is 1. The normalized spacial score (nSPS) is 12.6. The van der Waals surface area contributed by atoms with Gasteiger partial charge in [0.05, 0.1) is 10.9 Å². The summed E-state index contributed by atoms with van der Waals surface area (Å²) in [4.78, 5) is 12.5. The summed E-state index contributed by atoms with van der Waals surface area (Å²) >= 11 is 1.07. The van der Waals surface area contributed by atoms with Gasteiger partial charge < -0.3 is 14.5 Å². The Balaban J connectivity index is 1.65. The van der Waals surface area contributed by atoms with Crippen molar-refractivity contribution in [2.24, 2.45) is 0 Å². The van der Waals surface area contributed by atoms with Crippen LogP contribution in [0.5, 0.6) is 5.75 Å². The predicted molar refractivity (Wildman–Crippen MR) is 115 cm³/mol. The number of thioether (sulfide) groups is 1. The van der Waals surface area contributed by atoms with E-state index < -0.39 is 17.8 Å². The van der Waals surface area contributed by atoms with E-state index in [9.17, 15) is 13.6 Å². The first kappa shape index (κ1) is 22.7. The topological polar surface area (TPSA) is 77.2 Å². The lowest BCUT2D eigenvalue weighted by molar-refractivity contribution is -0.115. The molecule has 3 rings (SSSR count). The number of nitrogens with zero attached hydrogens (tertiary/aromatic N) is 2. The molecule has 1 unspecified atom stereocenters. The molecule has 1 atom stereocenters. The van der Waals surface area contributed by atoms with Crippen LogP contribution < -0.4 is 10.1 Å². The molecule has 31 heavy (non-hydrogen) atoms. The maximum absolute atomic E-state index is 12.5. The van der Waals surface area contributed by atoms with Gasteiger partial charge in [-0.1, -0.05) is 56.8 Å². The fourth-order valence-corrected chi connectivity index (χ4v) is 3.38. The Morgan fingerprint density at radius 3 is 2.42 bits per heavy atom. The fourth-order valence-electron chi connectivity index (χ4n) is 2.69. The van der Waals surface area contributed by atoms with Crippen molar-refractivity contribution >= 4 is 23.4 Å². The summed E-state index contributed by atoms with van der Waals surface area (Å²) in [7, 11) is 0. The highest BCUT2D eigenvalue weighted by molar-refractivity contribution is 8.00. The highest BCUT2D eigenvalue weighted by Crippen LogP contribution is 2.30. The molecule has 0 aliphatic rings. The van der Waals surface area contributed by atoms with Crippen molar-refractivity contribution in [1.29, 1.82) is 0 Å². The zero-order chi connectivity index (χ0) is 22.6. The van der Waals surface area contributed by atoms with Crippen molar-refractivity contribution < 1.29 is 22.7 Å². The molecule has 9 heteroatoms. The van der Waals surface area contributed by atoms with Gasteiger partial charge in [0.25, 0.3) is 5.22 Å². The lowest BCUT2D eigenvalue weighted by atomic mass is 9.87. The molecule has 1 amide bonds. The second-order valence-corrected chi connectivity index (χ2v) is 9.12. The number of halogens is 2. The molecule has 0 aliphatic carbocycles. The van der Waals surface area contributed by atoms with Crippen LogP contribution in [-0.2, 0) is 10.2 Å². The monoisotopic (exact) mass is 447 g/mol. The van der Waals surface area contributed by atoms with Crippen LogP contribution in [0.25, 0.3) is 11.5 Å². The van der Waals surface area contributed by atoms with Crippen LogP contribution in [0.1, 0.15) is 33.3 Å². The molecule has 0 saturated heterocycles. The third kappa shape index (κ3) is 6.04. The third-order valence-corrected chi connectivity index (χ3v) is 5.35. The van der Waals surface area contributed by atoms with E-state index in [0.717, 1.165) is 17.3 Å². The number of nitrogens with one attached hydrogen (secondary N) is 1. The van der Waals surface area contributed by atoms with Gasteiger partial charge in [-0.3, -0.25) is 4.79 Å². The van der Waals surface area contributed by atoms with E-state index in [1.807, 2.05) is 24.3 Å². The van der Waals surface area contributed by atoms with Crippen molar-refractivity contribution in [2.75, 3.05) is 5.32 Å². The number of alkyl halides is 2. The molecule has 0 bridgehead atoms. The van der Waals surface area contributed by atoms with Crippen LogP contribution in [0, 0.1) is 0 Å². The molecular weight excluding hydrogens is 424 g/mol. The Labute approximate surface area is 183 Å². The molecule has 6 nitrogen and oxygen atoms in total. The summed E-state index contributed by atoms with van der Waals surface area (Å²) < 4.78 is 35.2. The molecule has 0 spiro atoms. The Bertz CT molecular complexity index is 1030. The Morgan fingerprint density at radius 2 is 1.77 bits per heavy atom. The molecule has 0 radical (unpaired) electrons. The van der Waals surface area contributed by atoms with Crippen LogP contribution in [0.15, 0.2) is 58.2 Å². The minimum atomic E-state index is -2.99. The van der Waals surface area contributed by atoms with Gasteiger partial charge >= 0.3 is 6.61 Å². The molecule has 3 aromatic rings. The highest BCUT2D eigenvalue weighted by atomic mass is 32.2. The van der Waals surface area contributed by atoms with E-state index in [4.69, 9.17) is 4.42 Å². The lowest BCUT2D eigenvalue weighted by Crippen LogP contribution is -2.23. The number of amides is 1. The number of rotatable bonds is 7. The fraction of sp³-hybridized carbons (Fsp3) is 0.318. The number of anilines is 1. The first-order chi connectivity index (χ1) is 14.6. The van der Waals surface area contributed by atoms with E-state index in [-0.39, 0.29) is 22.1 Å². The van der Waals surface area contributed by atoms with E-state index in [2.05, 4.69) is 41.0 Å². The van der Waals surface area contributed by atoms with Crippen LogP contribution in [-0.4, -0.2) is 28.0 Å². The summed E-state index contributed by atoms with van der Waals surface area (Å²) in [5, 5.41) is 10.2. The maximum atomic E-state index is 12.5. The second kappa shape index (κ2) is 9.47. The molecule has 1 N–H and O–H groups in total. The summed E-state index contributed by atoms with van der Waals surface area (Å²) in [5.41, 5.74) is 2.16. The van der Waals surface area contributed by atoms with Gasteiger partial charge in [-0.2, -0.15) is 8.78 Å². The van der Waals surface area contributed by atoms with Crippen LogP contribution in [0.4, 0.5) is 14.5 Å². The van der Waals surface area contributed by atoms with E-state index in [1.165, 1.54) is 17.7 Å². The van der Waals surface area contributed by atoms with E-state index >= 15 is 0 Å². The lowest BCUT2D eigenvalue weighted by Gasteiger charge is -2.18. The molecule has 0 fully saturated rings. The van der Waals surface area contributed by atoms with E-state index in [0.29, 0.717) is 5.89 Å². The molecule has 0 saturated carbocycles. The summed E-state index contributed by atoms with van der Waals surface area (Å²) in [6.07, 6.45) is 0. The summed E-state index contributed by atoms with van der Waals surface area (Å²) in [6, 6.07) is 13.9. The summed E-state index contributed by atoms with van der Waals surface area (Å²) in [6.45, 7) is 5.06. The SMILES string of the molecule is CC(Sc1nnc(-c2ccc(C(C)(C)C)cc2)o1)C(=O)Nc1ccccc1OC(F)F. The van der Waals surface area contributed by atoms with Crippen molar-refractivity contribution in [3.05, 3.63) is 54.1 Å². The average molecular weight is 448 g/mol. The van der Waals surface area contributed by atoms with Crippen molar-refractivity contribution in [2.45, 2.75) is 50.2 Å². The molecule has 2 aromatic carbocycles. The number of hydrogen-bond donors (Lipinski definition) is 1. The molecule has 1 aromatic heterocycles. The Hall–Kier alpha value is -2.94. The molecule has 164 valence electrons. The number of carbonyl (C=O) groups is 1. The van der Waals surface area contributed by atoms with Crippen LogP contribution in [0.2, 0.25) is 0 Å². The number of carbonyl (C=O) groups excluding carboxylic acids is 1. The van der Waals surface area contributed by atoms with Gasteiger partial charge in [-0.15, -0.1) is 10.2 Å². The standard InChI is InChI=1S/C22H23F2N3O3S/c1-13(18(28)25-16-7-5-6-8-17(16)29-20(23)24)31-21-27-26-19(30-21)14-9-11-15(12-10-14)22(2,3)4/h5-13,20H,1-4H3,(H,25,28). The van der Waals surface area contributed by atoms with Gasteiger partial charge in [-0.25, -0.2) is 0 Å². The number of benzene rings is 2. The number of hydrogen-bond acceptors (Lipinski definition) is 6.